The number of rotatable bonds is 2. The molecule has 1 aliphatic rings. The van der Waals surface area contributed by atoms with Crippen LogP contribution in [0.5, 0.6) is 5.75 Å². The van der Waals surface area contributed by atoms with Crippen LogP contribution >= 0.6 is 0 Å². The number of halogens is 1. The normalized spacial score (nSPS) is 14.9. The van der Waals surface area contributed by atoms with Crippen LogP contribution in [-0.4, -0.2) is 15.3 Å². The summed E-state index contributed by atoms with van der Waals surface area (Å²) in [6.45, 7) is 0. The van der Waals surface area contributed by atoms with Crippen molar-refractivity contribution < 1.29 is 9.50 Å². The van der Waals surface area contributed by atoms with Crippen molar-refractivity contribution in [3.8, 4) is 16.9 Å². The molecule has 1 aromatic carbocycles. The molecular formula is C13H11FN2O. The second-order valence-electron chi connectivity index (χ2n) is 4.29. The van der Waals surface area contributed by atoms with Crippen LogP contribution in [0.25, 0.3) is 11.1 Å². The Morgan fingerprint density at radius 1 is 1.12 bits per heavy atom. The molecule has 0 spiro atoms. The number of phenolic OH excluding ortho intramolecular Hbond substituents is 1. The van der Waals surface area contributed by atoms with Crippen LogP contribution in [0.2, 0.25) is 0 Å². The molecule has 3 nitrogen and oxygen atoms in total. The minimum Gasteiger partial charge on any atom is -0.507 e. The Labute approximate surface area is 97.9 Å². The number of hydrogen-bond acceptors (Lipinski definition) is 3. The lowest BCUT2D eigenvalue weighted by Crippen LogP contribution is -1.92. The van der Waals surface area contributed by atoms with E-state index in [1.54, 1.807) is 12.4 Å². The van der Waals surface area contributed by atoms with Gasteiger partial charge in [0.15, 0.2) is 0 Å². The van der Waals surface area contributed by atoms with Gasteiger partial charge in [0.2, 0.25) is 0 Å². The van der Waals surface area contributed by atoms with Gasteiger partial charge in [-0.3, -0.25) is 0 Å². The first-order valence-electron chi connectivity index (χ1n) is 5.55. The molecule has 0 radical (unpaired) electrons. The van der Waals surface area contributed by atoms with Gasteiger partial charge in [-0.25, -0.2) is 4.39 Å². The van der Waals surface area contributed by atoms with Crippen molar-refractivity contribution >= 4 is 0 Å². The van der Waals surface area contributed by atoms with E-state index in [1.165, 1.54) is 18.2 Å². The fourth-order valence-electron chi connectivity index (χ4n) is 2.00. The summed E-state index contributed by atoms with van der Waals surface area (Å²) in [4.78, 5) is 0. The Balaban J connectivity index is 2.17. The largest absolute Gasteiger partial charge is 0.507 e. The molecule has 1 aliphatic carbocycles. The zero-order valence-electron chi connectivity index (χ0n) is 9.10. The Kier molecular flexibility index (Phi) is 2.28. The van der Waals surface area contributed by atoms with E-state index < -0.39 is 0 Å². The number of nitrogens with zero attached hydrogens (tertiary/aromatic N) is 2. The van der Waals surface area contributed by atoms with Crippen LogP contribution in [0, 0.1) is 5.82 Å². The predicted molar refractivity (Wildman–Crippen MR) is 61.1 cm³/mol. The van der Waals surface area contributed by atoms with Gasteiger partial charge < -0.3 is 5.11 Å². The highest BCUT2D eigenvalue weighted by atomic mass is 19.1. The average molecular weight is 230 g/mol. The number of phenols is 1. The van der Waals surface area contributed by atoms with E-state index in [1.807, 2.05) is 0 Å². The zero-order chi connectivity index (χ0) is 11.8. The van der Waals surface area contributed by atoms with Crippen molar-refractivity contribution in [2.75, 3.05) is 0 Å². The van der Waals surface area contributed by atoms with Gasteiger partial charge >= 0.3 is 0 Å². The highest BCUT2D eigenvalue weighted by Gasteiger charge is 2.27. The van der Waals surface area contributed by atoms with Gasteiger partial charge in [0.1, 0.15) is 11.6 Å². The maximum atomic E-state index is 13.2. The highest BCUT2D eigenvalue weighted by Crippen LogP contribution is 2.45. The predicted octanol–water partition coefficient (Wildman–Crippen LogP) is 2.87. The lowest BCUT2D eigenvalue weighted by Gasteiger charge is -2.09. The molecule has 0 atom stereocenters. The topological polar surface area (TPSA) is 46.0 Å². The Hall–Kier alpha value is -1.97. The Morgan fingerprint density at radius 2 is 1.88 bits per heavy atom. The van der Waals surface area contributed by atoms with E-state index in [4.69, 9.17) is 0 Å². The second-order valence-corrected chi connectivity index (χ2v) is 4.29. The van der Waals surface area contributed by atoms with Gasteiger partial charge in [0.05, 0.1) is 12.4 Å². The molecular weight excluding hydrogens is 219 g/mol. The molecule has 0 bridgehead atoms. The summed E-state index contributed by atoms with van der Waals surface area (Å²) in [5, 5.41) is 17.5. The highest BCUT2D eigenvalue weighted by molar-refractivity contribution is 5.72. The first kappa shape index (κ1) is 10.2. The molecule has 2 aromatic rings. The molecule has 86 valence electrons. The van der Waals surface area contributed by atoms with Crippen molar-refractivity contribution in [1.29, 1.82) is 0 Å². The first-order valence-corrected chi connectivity index (χ1v) is 5.55. The van der Waals surface area contributed by atoms with Gasteiger partial charge in [-0.05, 0) is 42.5 Å². The number of aromatic hydroxyl groups is 1. The minimum absolute atomic E-state index is 0.0706. The quantitative estimate of drug-likeness (QED) is 0.862. The van der Waals surface area contributed by atoms with Crippen molar-refractivity contribution in [3.63, 3.8) is 0 Å². The molecule has 1 fully saturated rings. The Bertz CT molecular complexity index is 567. The molecule has 1 aromatic heterocycles. The molecule has 1 heterocycles. The molecule has 17 heavy (non-hydrogen) atoms. The number of benzene rings is 1. The van der Waals surface area contributed by atoms with Crippen LogP contribution < -0.4 is 0 Å². The van der Waals surface area contributed by atoms with Gasteiger partial charge in [0, 0.05) is 11.1 Å². The zero-order valence-corrected chi connectivity index (χ0v) is 9.10. The maximum Gasteiger partial charge on any atom is 0.124 e. The van der Waals surface area contributed by atoms with Gasteiger partial charge in [-0.2, -0.15) is 10.2 Å². The molecule has 4 heteroatoms. The lowest BCUT2D eigenvalue weighted by atomic mass is 9.99. The summed E-state index contributed by atoms with van der Waals surface area (Å²) >= 11 is 0. The van der Waals surface area contributed by atoms with E-state index in [0.29, 0.717) is 11.5 Å². The van der Waals surface area contributed by atoms with Gasteiger partial charge in [-0.1, -0.05) is 0 Å². The first-order chi connectivity index (χ1) is 8.25. The summed E-state index contributed by atoms with van der Waals surface area (Å²) in [6, 6.07) is 3.93. The van der Waals surface area contributed by atoms with E-state index in [0.717, 1.165) is 24.0 Å². The molecule has 1 N–H and O–H groups in total. The summed E-state index contributed by atoms with van der Waals surface area (Å²) in [7, 11) is 0. The maximum absolute atomic E-state index is 13.2. The van der Waals surface area contributed by atoms with Crippen LogP contribution in [0.15, 0.2) is 30.6 Å². The van der Waals surface area contributed by atoms with E-state index in [9.17, 15) is 9.50 Å². The summed E-state index contributed by atoms with van der Waals surface area (Å²) in [6.07, 6.45) is 5.53. The fourth-order valence-corrected chi connectivity index (χ4v) is 2.00. The lowest BCUT2D eigenvalue weighted by molar-refractivity contribution is 0.475. The van der Waals surface area contributed by atoms with Crippen LogP contribution in [0.3, 0.4) is 0 Å². The molecule has 0 saturated heterocycles. The minimum atomic E-state index is -0.364. The fraction of sp³-hybridized carbons (Fsp3) is 0.231. The summed E-state index contributed by atoms with van der Waals surface area (Å²) < 4.78 is 13.2. The number of aromatic nitrogens is 2. The molecule has 3 rings (SSSR count). The third kappa shape index (κ3) is 1.86. The third-order valence-electron chi connectivity index (χ3n) is 3.03. The summed E-state index contributed by atoms with van der Waals surface area (Å²) in [5.74, 6) is 0.181. The molecule has 0 amide bonds. The van der Waals surface area contributed by atoms with Crippen LogP contribution in [0.4, 0.5) is 4.39 Å². The van der Waals surface area contributed by atoms with Crippen molar-refractivity contribution in [2.45, 2.75) is 18.8 Å². The third-order valence-corrected chi connectivity index (χ3v) is 3.03. The van der Waals surface area contributed by atoms with E-state index in [-0.39, 0.29) is 11.6 Å². The average Bonchev–Trinajstić information content (AvgIpc) is 3.16. The van der Waals surface area contributed by atoms with E-state index in [2.05, 4.69) is 10.2 Å². The van der Waals surface area contributed by atoms with Crippen molar-refractivity contribution in [3.05, 3.63) is 42.0 Å². The molecule has 1 saturated carbocycles. The van der Waals surface area contributed by atoms with E-state index >= 15 is 0 Å². The van der Waals surface area contributed by atoms with Gasteiger partial charge in [0.25, 0.3) is 0 Å². The van der Waals surface area contributed by atoms with Crippen LogP contribution in [0.1, 0.15) is 24.3 Å². The Morgan fingerprint density at radius 3 is 2.65 bits per heavy atom. The summed E-state index contributed by atoms with van der Waals surface area (Å²) in [5.41, 5.74) is 2.31. The number of hydrogen-bond donors (Lipinski definition) is 1. The molecule has 0 aliphatic heterocycles. The van der Waals surface area contributed by atoms with Crippen molar-refractivity contribution in [1.82, 2.24) is 10.2 Å². The monoisotopic (exact) mass is 230 g/mol. The molecule has 0 unspecified atom stereocenters. The second kappa shape index (κ2) is 3.80. The van der Waals surface area contributed by atoms with Gasteiger partial charge in [-0.15, -0.1) is 0 Å². The standard InChI is InChI=1S/C13H11FN2O/c14-9-3-4-13(17)10(5-9)12-7-16-15-6-11(12)8-1-2-8/h3-8,17H,1-2H2. The van der Waals surface area contributed by atoms with Crippen molar-refractivity contribution in [2.24, 2.45) is 0 Å². The SMILES string of the molecule is Oc1ccc(F)cc1-c1cnncc1C1CC1. The smallest absolute Gasteiger partial charge is 0.124 e. The van der Waals surface area contributed by atoms with Crippen LogP contribution in [-0.2, 0) is 0 Å².